The second-order valence-corrected chi connectivity index (χ2v) is 10.3. The predicted octanol–water partition coefficient (Wildman–Crippen LogP) is 2.28. The highest BCUT2D eigenvalue weighted by Crippen LogP contribution is 2.21. The second kappa shape index (κ2) is 7.46. The molecule has 0 atom stereocenters. The van der Waals surface area contributed by atoms with Gasteiger partial charge in [0.1, 0.15) is 4.75 Å². The summed E-state index contributed by atoms with van der Waals surface area (Å²) in [5, 5.41) is 0. The van der Waals surface area contributed by atoms with E-state index >= 15 is 0 Å². The minimum Gasteiger partial charge on any atom is -0.339 e. The second-order valence-electron chi connectivity index (χ2n) is 7.75. The van der Waals surface area contributed by atoms with Gasteiger partial charge in [-0.15, -0.1) is 0 Å². The Hall–Kier alpha value is -1.40. The van der Waals surface area contributed by atoms with Crippen LogP contribution in [0.1, 0.15) is 44.7 Å². The molecule has 0 bridgehead atoms. The van der Waals surface area contributed by atoms with E-state index in [2.05, 4.69) is 43.0 Å². The van der Waals surface area contributed by atoms with E-state index in [4.69, 9.17) is 0 Å². The molecular weight excluding hydrogens is 336 g/mol. The van der Waals surface area contributed by atoms with Gasteiger partial charge in [0, 0.05) is 39.0 Å². The highest BCUT2D eigenvalue weighted by Gasteiger charge is 2.41. The minimum absolute atomic E-state index is 0.295. The Labute approximate surface area is 151 Å². The third-order valence-electron chi connectivity index (χ3n) is 5.15. The number of rotatable bonds is 5. The first-order valence-electron chi connectivity index (χ1n) is 8.82. The molecule has 0 aromatic heterocycles. The summed E-state index contributed by atoms with van der Waals surface area (Å²) in [6.45, 7) is 10.9. The van der Waals surface area contributed by atoms with Gasteiger partial charge in [0.25, 0.3) is 0 Å². The SMILES string of the molecule is CC(C)c1ccc(CN2CCN(C(=O)C(C)(C)S(C)(=O)=O)CC2)cc1. The monoisotopic (exact) mass is 366 g/mol. The van der Waals surface area contributed by atoms with Crippen molar-refractivity contribution < 1.29 is 13.2 Å². The lowest BCUT2D eigenvalue weighted by atomic mass is 10.0. The number of carbonyl (C=O) groups is 1. The van der Waals surface area contributed by atoms with Crippen LogP contribution in [0.4, 0.5) is 0 Å². The van der Waals surface area contributed by atoms with Gasteiger partial charge in [-0.05, 0) is 30.9 Å². The van der Waals surface area contributed by atoms with Crippen LogP contribution in [0.2, 0.25) is 0 Å². The zero-order chi connectivity index (χ0) is 18.8. The zero-order valence-corrected chi connectivity index (χ0v) is 16.8. The van der Waals surface area contributed by atoms with Crippen LogP contribution in [0.15, 0.2) is 24.3 Å². The van der Waals surface area contributed by atoms with Crippen LogP contribution >= 0.6 is 0 Å². The molecular formula is C19H30N2O3S. The summed E-state index contributed by atoms with van der Waals surface area (Å²) in [5.74, 6) is 0.234. The maximum absolute atomic E-state index is 12.6. The number of carbonyl (C=O) groups excluding carboxylic acids is 1. The lowest BCUT2D eigenvalue weighted by Crippen LogP contribution is -2.55. The molecule has 1 saturated heterocycles. The zero-order valence-electron chi connectivity index (χ0n) is 15.9. The number of amides is 1. The van der Waals surface area contributed by atoms with Crippen LogP contribution in [-0.2, 0) is 21.2 Å². The van der Waals surface area contributed by atoms with E-state index in [-0.39, 0.29) is 5.91 Å². The molecule has 0 N–H and O–H groups in total. The molecule has 1 aromatic carbocycles. The number of sulfone groups is 1. The number of nitrogens with zero attached hydrogens (tertiary/aromatic N) is 2. The van der Waals surface area contributed by atoms with Gasteiger partial charge in [0.2, 0.25) is 5.91 Å². The standard InChI is InChI=1S/C19H30N2O3S/c1-15(2)17-8-6-16(7-9-17)14-20-10-12-21(13-11-20)18(22)19(3,4)25(5,23)24/h6-9,15H,10-14H2,1-5H3. The first kappa shape index (κ1) is 19.9. The van der Waals surface area contributed by atoms with Gasteiger partial charge in [-0.1, -0.05) is 38.1 Å². The van der Waals surface area contributed by atoms with Crippen LogP contribution in [0, 0.1) is 0 Å². The molecule has 0 spiro atoms. The molecule has 1 amide bonds. The minimum atomic E-state index is -3.43. The first-order valence-corrected chi connectivity index (χ1v) is 10.7. The van der Waals surface area contributed by atoms with Crippen LogP contribution in [0.3, 0.4) is 0 Å². The average Bonchev–Trinajstić information content (AvgIpc) is 2.54. The van der Waals surface area contributed by atoms with Crippen molar-refractivity contribution in [1.82, 2.24) is 9.80 Å². The Morgan fingerprint density at radius 1 is 1.08 bits per heavy atom. The van der Waals surface area contributed by atoms with E-state index in [9.17, 15) is 13.2 Å². The Morgan fingerprint density at radius 3 is 2.04 bits per heavy atom. The quantitative estimate of drug-likeness (QED) is 0.802. The van der Waals surface area contributed by atoms with E-state index in [1.807, 2.05) is 0 Å². The van der Waals surface area contributed by atoms with E-state index in [0.717, 1.165) is 25.9 Å². The maximum Gasteiger partial charge on any atom is 0.243 e. The van der Waals surface area contributed by atoms with Gasteiger partial charge in [-0.2, -0.15) is 0 Å². The summed E-state index contributed by atoms with van der Waals surface area (Å²) in [4.78, 5) is 16.5. The molecule has 25 heavy (non-hydrogen) atoms. The van der Waals surface area contributed by atoms with Crippen molar-refractivity contribution in [2.24, 2.45) is 0 Å². The number of benzene rings is 1. The van der Waals surface area contributed by atoms with Crippen molar-refractivity contribution in [3.05, 3.63) is 35.4 Å². The molecule has 1 fully saturated rings. The third-order valence-corrected chi connectivity index (χ3v) is 7.18. The molecule has 6 heteroatoms. The van der Waals surface area contributed by atoms with Gasteiger partial charge < -0.3 is 4.90 Å². The van der Waals surface area contributed by atoms with E-state index < -0.39 is 14.6 Å². The van der Waals surface area contributed by atoms with Crippen LogP contribution in [0.5, 0.6) is 0 Å². The first-order chi connectivity index (χ1) is 11.5. The summed E-state index contributed by atoms with van der Waals surface area (Å²) < 4.78 is 22.4. The molecule has 1 aromatic rings. The molecule has 1 aliphatic heterocycles. The lowest BCUT2D eigenvalue weighted by Gasteiger charge is -2.38. The van der Waals surface area contributed by atoms with E-state index in [1.165, 1.54) is 25.0 Å². The molecule has 140 valence electrons. The van der Waals surface area contributed by atoms with E-state index in [1.54, 1.807) is 4.90 Å². The van der Waals surface area contributed by atoms with Crippen molar-refractivity contribution in [3.63, 3.8) is 0 Å². The normalized spacial score (nSPS) is 17.1. The van der Waals surface area contributed by atoms with Crippen LogP contribution in [-0.4, -0.2) is 61.3 Å². The molecule has 1 aliphatic rings. The Kier molecular flexibility index (Phi) is 5.94. The summed E-state index contributed by atoms with van der Waals surface area (Å²) in [6.07, 6.45) is 1.13. The van der Waals surface area contributed by atoms with Crippen molar-refractivity contribution >= 4 is 15.7 Å². The maximum atomic E-state index is 12.6. The fourth-order valence-corrected chi connectivity index (χ4v) is 3.36. The van der Waals surface area contributed by atoms with Gasteiger partial charge in [-0.25, -0.2) is 8.42 Å². The van der Waals surface area contributed by atoms with Crippen molar-refractivity contribution in [2.75, 3.05) is 32.4 Å². The lowest BCUT2D eigenvalue weighted by molar-refractivity contribution is -0.135. The molecule has 5 nitrogen and oxygen atoms in total. The fraction of sp³-hybridized carbons (Fsp3) is 0.632. The summed E-state index contributed by atoms with van der Waals surface area (Å²) in [7, 11) is -3.43. The largest absolute Gasteiger partial charge is 0.339 e. The number of piperazine rings is 1. The smallest absolute Gasteiger partial charge is 0.243 e. The highest BCUT2D eigenvalue weighted by molar-refractivity contribution is 7.92. The van der Waals surface area contributed by atoms with Crippen molar-refractivity contribution in [3.8, 4) is 0 Å². The molecule has 0 radical (unpaired) electrons. The molecule has 2 rings (SSSR count). The Balaban J connectivity index is 1.92. The Bertz CT molecular complexity index is 701. The van der Waals surface area contributed by atoms with E-state index in [0.29, 0.717) is 19.0 Å². The van der Waals surface area contributed by atoms with Gasteiger partial charge >= 0.3 is 0 Å². The predicted molar refractivity (Wildman–Crippen MR) is 101 cm³/mol. The highest BCUT2D eigenvalue weighted by atomic mass is 32.2. The van der Waals surface area contributed by atoms with Gasteiger partial charge in [0.05, 0.1) is 0 Å². The van der Waals surface area contributed by atoms with Gasteiger partial charge in [-0.3, -0.25) is 9.69 Å². The van der Waals surface area contributed by atoms with Gasteiger partial charge in [0.15, 0.2) is 9.84 Å². The van der Waals surface area contributed by atoms with Crippen molar-refractivity contribution in [2.45, 2.75) is 44.9 Å². The number of hydrogen-bond acceptors (Lipinski definition) is 4. The molecule has 0 unspecified atom stereocenters. The summed E-state index contributed by atoms with van der Waals surface area (Å²) in [5.41, 5.74) is 2.60. The Morgan fingerprint density at radius 2 is 1.60 bits per heavy atom. The summed E-state index contributed by atoms with van der Waals surface area (Å²) in [6, 6.07) is 8.68. The number of hydrogen-bond donors (Lipinski definition) is 0. The average molecular weight is 367 g/mol. The molecule has 0 saturated carbocycles. The van der Waals surface area contributed by atoms with Crippen LogP contribution < -0.4 is 0 Å². The molecule has 1 heterocycles. The van der Waals surface area contributed by atoms with Crippen molar-refractivity contribution in [1.29, 1.82) is 0 Å². The summed E-state index contributed by atoms with van der Waals surface area (Å²) >= 11 is 0. The fourth-order valence-electron chi connectivity index (χ4n) is 2.91. The topological polar surface area (TPSA) is 57.7 Å². The molecule has 0 aliphatic carbocycles. The van der Waals surface area contributed by atoms with Crippen LogP contribution in [0.25, 0.3) is 0 Å². The third kappa shape index (κ3) is 4.61.